The van der Waals surface area contributed by atoms with Gasteiger partial charge in [0.25, 0.3) is 0 Å². The van der Waals surface area contributed by atoms with Crippen molar-refractivity contribution in [3.63, 3.8) is 0 Å². The van der Waals surface area contributed by atoms with Gasteiger partial charge < -0.3 is 10.1 Å². The Morgan fingerprint density at radius 1 is 1.59 bits per heavy atom. The largest absolute Gasteiger partial charge is 0.468 e. The van der Waals surface area contributed by atoms with E-state index in [2.05, 4.69) is 20.9 Å². The Morgan fingerprint density at radius 3 is 2.94 bits per heavy atom. The summed E-state index contributed by atoms with van der Waals surface area (Å²) >= 11 is 0. The fourth-order valence-corrected chi connectivity index (χ4v) is 2.47. The van der Waals surface area contributed by atoms with E-state index in [1.54, 1.807) is 0 Å². The molecule has 0 bridgehead atoms. The van der Waals surface area contributed by atoms with Gasteiger partial charge >= 0.3 is 5.97 Å². The minimum absolute atomic E-state index is 0.325. The second-order valence-electron chi connectivity index (χ2n) is 3.80. The summed E-state index contributed by atoms with van der Waals surface area (Å²) in [6, 6.07) is 0. The van der Waals surface area contributed by atoms with Gasteiger partial charge in [0.15, 0.2) is 5.75 Å². The minimum Gasteiger partial charge on any atom is -0.468 e. The van der Waals surface area contributed by atoms with E-state index in [0.717, 1.165) is 26.6 Å². The third-order valence-electron chi connectivity index (χ3n) is 2.46. The van der Waals surface area contributed by atoms with Gasteiger partial charge in [0.1, 0.15) is 0 Å². The van der Waals surface area contributed by atoms with Crippen LogP contribution in [0.5, 0.6) is 0 Å². The second kappa shape index (κ2) is 6.73. The smallest absolute Gasteiger partial charge is 0.322 e. The highest BCUT2D eigenvalue weighted by atomic mass is 32.2. The summed E-state index contributed by atoms with van der Waals surface area (Å²) in [6.45, 7) is 2.09. The average Bonchev–Trinajstić information content (AvgIpc) is 2.29. The van der Waals surface area contributed by atoms with Crippen molar-refractivity contribution >= 4 is 16.0 Å². The molecule has 1 rings (SSSR count). The molecular formula is C10H18N2O4S. The first-order valence-electron chi connectivity index (χ1n) is 5.46. The Morgan fingerprint density at radius 2 is 2.35 bits per heavy atom. The van der Waals surface area contributed by atoms with Crippen LogP contribution in [0.1, 0.15) is 12.8 Å². The third kappa shape index (κ3) is 5.81. The van der Waals surface area contributed by atoms with Gasteiger partial charge in [-0.05, 0) is 19.4 Å². The molecule has 1 heterocycles. The van der Waals surface area contributed by atoms with Crippen molar-refractivity contribution < 1.29 is 17.9 Å². The molecule has 0 aromatic carbocycles. The second-order valence-corrected chi connectivity index (χ2v) is 5.60. The number of carbonyl (C=O) groups is 1. The van der Waals surface area contributed by atoms with Crippen molar-refractivity contribution in [1.29, 1.82) is 0 Å². The number of carbonyl (C=O) groups excluding carboxylic acids is 1. The summed E-state index contributed by atoms with van der Waals surface area (Å²) in [4.78, 5) is 10.8. The van der Waals surface area contributed by atoms with Gasteiger partial charge in [-0.1, -0.05) is 11.6 Å². The SMILES string of the molecule is COC(=O)CS(=O)(=O)NCCC1=CCNCC1. The molecule has 0 radical (unpaired) electrons. The first-order chi connectivity index (χ1) is 8.03. The minimum atomic E-state index is -3.56. The molecule has 1 aliphatic heterocycles. The topological polar surface area (TPSA) is 84.5 Å². The van der Waals surface area contributed by atoms with Crippen LogP contribution in [0.4, 0.5) is 0 Å². The van der Waals surface area contributed by atoms with Crippen molar-refractivity contribution in [3.05, 3.63) is 11.6 Å². The molecule has 6 nitrogen and oxygen atoms in total. The Labute approximate surface area is 101 Å². The molecule has 1 aliphatic rings. The molecule has 0 atom stereocenters. The molecular weight excluding hydrogens is 244 g/mol. The van der Waals surface area contributed by atoms with Crippen LogP contribution in [0, 0.1) is 0 Å². The van der Waals surface area contributed by atoms with Crippen molar-refractivity contribution in [1.82, 2.24) is 10.0 Å². The van der Waals surface area contributed by atoms with Crippen molar-refractivity contribution in [3.8, 4) is 0 Å². The predicted molar refractivity (Wildman–Crippen MR) is 64.0 cm³/mol. The Balaban J connectivity index is 2.29. The highest BCUT2D eigenvalue weighted by Gasteiger charge is 2.16. The number of esters is 1. The van der Waals surface area contributed by atoms with Crippen LogP contribution in [0.2, 0.25) is 0 Å². The first-order valence-corrected chi connectivity index (χ1v) is 7.11. The maximum atomic E-state index is 11.4. The van der Waals surface area contributed by atoms with Gasteiger partial charge in [0.05, 0.1) is 7.11 Å². The van der Waals surface area contributed by atoms with Crippen LogP contribution in [0.3, 0.4) is 0 Å². The van der Waals surface area contributed by atoms with E-state index in [0.29, 0.717) is 13.0 Å². The number of sulfonamides is 1. The van der Waals surface area contributed by atoms with E-state index in [1.807, 2.05) is 0 Å². The van der Waals surface area contributed by atoms with E-state index >= 15 is 0 Å². The van der Waals surface area contributed by atoms with Gasteiger partial charge in [-0.3, -0.25) is 4.79 Å². The normalized spacial score (nSPS) is 16.4. The lowest BCUT2D eigenvalue weighted by molar-refractivity contribution is -0.137. The molecule has 0 unspecified atom stereocenters. The van der Waals surface area contributed by atoms with E-state index in [-0.39, 0.29) is 0 Å². The fraction of sp³-hybridized carbons (Fsp3) is 0.700. The molecule has 98 valence electrons. The average molecular weight is 262 g/mol. The number of ether oxygens (including phenoxy) is 1. The molecule has 0 fully saturated rings. The molecule has 0 aliphatic carbocycles. The van der Waals surface area contributed by atoms with Crippen molar-refractivity contribution in [2.75, 3.05) is 32.5 Å². The van der Waals surface area contributed by atoms with Gasteiger partial charge in [-0.25, -0.2) is 13.1 Å². The van der Waals surface area contributed by atoms with E-state index < -0.39 is 21.7 Å². The van der Waals surface area contributed by atoms with Gasteiger partial charge in [-0.15, -0.1) is 0 Å². The Hall–Kier alpha value is -0.920. The lowest BCUT2D eigenvalue weighted by atomic mass is 10.1. The zero-order valence-corrected chi connectivity index (χ0v) is 10.7. The molecule has 17 heavy (non-hydrogen) atoms. The zero-order valence-electron chi connectivity index (χ0n) is 9.86. The zero-order chi connectivity index (χ0) is 12.7. The number of hydrogen-bond donors (Lipinski definition) is 2. The van der Waals surface area contributed by atoms with Gasteiger partial charge in [0.2, 0.25) is 10.0 Å². The highest BCUT2D eigenvalue weighted by Crippen LogP contribution is 2.08. The molecule has 2 N–H and O–H groups in total. The summed E-state index contributed by atoms with van der Waals surface area (Å²) < 4.78 is 29.5. The number of nitrogens with one attached hydrogen (secondary N) is 2. The lowest BCUT2D eigenvalue weighted by Gasteiger charge is -2.14. The molecule has 0 aromatic rings. The molecule has 0 amide bonds. The Kier molecular flexibility index (Phi) is 5.60. The molecule has 7 heteroatoms. The lowest BCUT2D eigenvalue weighted by Crippen LogP contribution is -2.32. The van der Waals surface area contributed by atoms with Crippen molar-refractivity contribution in [2.24, 2.45) is 0 Å². The molecule has 0 aromatic heterocycles. The third-order valence-corrected chi connectivity index (χ3v) is 3.72. The standard InChI is InChI=1S/C10H18N2O4S/c1-16-10(13)8-17(14,15)12-7-4-9-2-5-11-6-3-9/h2,11-12H,3-8H2,1H3. The van der Waals surface area contributed by atoms with Gasteiger partial charge in [0, 0.05) is 13.1 Å². The molecule has 0 saturated carbocycles. The van der Waals surface area contributed by atoms with Crippen LogP contribution < -0.4 is 10.0 Å². The summed E-state index contributed by atoms with van der Waals surface area (Å²) in [5.41, 5.74) is 1.24. The van der Waals surface area contributed by atoms with Crippen molar-refractivity contribution in [2.45, 2.75) is 12.8 Å². The summed E-state index contributed by atoms with van der Waals surface area (Å²) in [5, 5.41) is 3.18. The number of rotatable bonds is 6. The van der Waals surface area contributed by atoms with E-state index in [4.69, 9.17) is 0 Å². The summed E-state index contributed by atoms with van der Waals surface area (Å²) in [7, 11) is -2.40. The first kappa shape index (κ1) is 14.1. The van der Waals surface area contributed by atoms with Crippen LogP contribution in [0.15, 0.2) is 11.6 Å². The monoisotopic (exact) mass is 262 g/mol. The summed E-state index contributed by atoms with van der Waals surface area (Å²) in [5.74, 6) is -1.37. The van der Waals surface area contributed by atoms with Crippen LogP contribution in [0.25, 0.3) is 0 Å². The Bertz CT molecular complexity index is 389. The van der Waals surface area contributed by atoms with Crippen LogP contribution in [-0.4, -0.2) is 46.9 Å². The van der Waals surface area contributed by atoms with E-state index in [1.165, 1.54) is 5.57 Å². The summed E-state index contributed by atoms with van der Waals surface area (Å²) in [6.07, 6.45) is 3.69. The highest BCUT2D eigenvalue weighted by molar-refractivity contribution is 7.90. The van der Waals surface area contributed by atoms with Gasteiger partial charge in [-0.2, -0.15) is 0 Å². The number of methoxy groups -OCH3 is 1. The fourth-order valence-electron chi connectivity index (χ4n) is 1.53. The van der Waals surface area contributed by atoms with Crippen LogP contribution >= 0.6 is 0 Å². The van der Waals surface area contributed by atoms with E-state index in [9.17, 15) is 13.2 Å². The molecule has 0 spiro atoms. The van der Waals surface area contributed by atoms with Crippen LogP contribution in [-0.2, 0) is 19.6 Å². The predicted octanol–water partition coefficient (Wildman–Crippen LogP) is -0.611. The maximum Gasteiger partial charge on any atom is 0.322 e. The number of hydrogen-bond acceptors (Lipinski definition) is 5. The quantitative estimate of drug-likeness (QED) is 0.493. The maximum absolute atomic E-state index is 11.4. The molecule has 0 saturated heterocycles.